The van der Waals surface area contributed by atoms with Gasteiger partial charge in [-0.15, -0.1) is 0 Å². The van der Waals surface area contributed by atoms with E-state index in [4.69, 9.17) is 11.6 Å². The van der Waals surface area contributed by atoms with Crippen LogP contribution >= 0.6 is 11.6 Å². The van der Waals surface area contributed by atoms with Crippen LogP contribution in [0.1, 0.15) is 25.2 Å². The molecule has 0 aliphatic heterocycles. The van der Waals surface area contributed by atoms with Crippen LogP contribution in [0.25, 0.3) is 0 Å². The molecular weight excluding hydrogens is 284 g/mol. The van der Waals surface area contributed by atoms with Crippen LogP contribution in [0.5, 0.6) is 0 Å². The largest absolute Gasteiger partial charge is 0.314 e. The summed E-state index contributed by atoms with van der Waals surface area (Å²) in [5, 5.41) is 8.47. The molecule has 1 unspecified atom stereocenters. The summed E-state index contributed by atoms with van der Waals surface area (Å²) < 4.78 is 1.85. The average molecular weight is 307 g/mol. The van der Waals surface area contributed by atoms with E-state index in [1.807, 2.05) is 29.9 Å². The van der Waals surface area contributed by atoms with Crippen molar-refractivity contribution in [3.63, 3.8) is 0 Å². The predicted molar refractivity (Wildman–Crippen MR) is 86.5 cm³/mol. The number of aryl methyl sites for hydroxylation is 1. The van der Waals surface area contributed by atoms with Gasteiger partial charge in [-0.05, 0) is 36.6 Å². The molecule has 21 heavy (non-hydrogen) atoms. The van der Waals surface area contributed by atoms with Crippen LogP contribution in [0.15, 0.2) is 30.6 Å². The number of hydrogen-bond donors (Lipinski definition) is 1. The van der Waals surface area contributed by atoms with Gasteiger partial charge >= 0.3 is 0 Å². The van der Waals surface area contributed by atoms with E-state index >= 15 is 0 Å². The molecule has 2 aromatic rings. The fourth-order valence-corrected chi connectivity index (χ4v) is 2.59. The van der Waals surface area contributed by atoms with Crippen LogP contribution in [0.2, 0.25) is 5.02 Å². The lowest BCUT2D eigenvalue weighted by Gasteiger charge is -2.19. The third kappa shape index (κ3) is 5.14. The molecule has 0 aliphatic carbocycles. The standard InChI is InChI=1S/C16H23ClN4/c1-12(2)18-10-14(9-16-19-11-20-21(16)3)7-13-5-4-6-15(17)8-13/h4-6,8,11-12,14,18H,7,9-10H2,1-3H3. The van der Waals surface area contributed by atoms with Crippen molar-refractivity contribution >= 4 is 11.6 Å². The lowest BCUT2D eigenvalue weighted by molar-refractivity contribution is 0.431. The summed E-state index contributed by atoms with van der Waals surface area (Å²) in [6.45, 7) is 5.29. The zero-order chi connectivity index (χ0) is 15.2. The number of halogens is 1. The third-order valence-electron chi connectivity index (χ3n) is 3.50. The van der Waals surface area contributed by atoms with Crippen LogP contribution in [-0.2, 0) is 19.9 Å². The number of nitrogens with one attached hydrogen (secondary N) is 1. The molecule has 1 aromatic heterocycles. The Bertz CT molecular complexity index is 565. The highest BCUT2D eigenvalue weighted by molar-refractivity contribution is 6.30. The topological polar surface area (TPSA) is 42.7 Å². The van der Waals surface area contributed by atoms with E-state index in [1.165, 1.54) is 5.56 Å². The molecule has 1 atom stereocenters. The first-order chi connectivity index (χ1) is 10.0. The van der Waals surface area contributed by atoms with Crippen LogP contribution in [0, 0.1) is 5.92 Å². The Kier molecular flexibility index (Phi) is 5.76. The zero-order valence-corrected chi connectivity index (χ0v) is 13.6. The number of benzene rings is 1. The SMILES string of the molecule is CC(C)NCC(Cc1cccc(Cl)c1)Cc1ncnn1C. The highest BCUT2D eigenvalue weighted by Gasteiger charge is 2.14. The first-order valence-corrected chi connectivity index (χ1v) is 7.73. The quantitative estimate of drug-likeness (QED) is 0.855. The number of rotatable bonds is 7. The van der Waals surface area contributed by atoms with E-state index in [1.54, 1.807) is 6.33 Å². The van der Waals surface area contributed by atoms with Gasteiger partial charge in [0.15, 0.2) is 0 Å². The van der Waals surface area contributed by atoms with Crippen LogP contribution in [0.4, 0.5) is 0 Å². The van der Waals surface area contributed by atoms with Crippen molar-refractivity contribution in [2.75, 3.05) is 6.54 Å². The van der Waals surface area contributed by atoms with Gasteiger partial charge < -0.3 is 5.32 Å². The summed E-state index contributed by atoms with van der Waals surface area (Å²) in [7, 11) is 1.94. The molecule has 2 rings (SSSR count). The van der Waals surface area contributed by atoms with Crippen LogP contribution in [-0.4, -0.2) is 27.4 Å². The van der Waals surface area contributed by atoms with Crippen LogP contribution in [0.3, 0.4) is 0 Å². The summed E-state index contributed by atoms with van der Waals surface area (Å²) in [6.07, 6.45) is 3.50. The fourth-order valence-electron chi connectivity index (χ4n) is 2.38. The fraction of sp³-hybridized carbons (Fsp3) is 0.500. The lowest BCUT2D eigenvalue weighted by Crippen LogP contribution is -2.31. The molecule has 0 radical (unpaired) electrons. The second-order valence-corrected chi connectivity index (χ2v) is 6.20. The summed E-state index contributed by atoms with van der Waals surface area (Å²) in [5.41, 5.74) is 1.26. The number of nitrogens with zero attached hydrogens (tertiary/aromatic N) is 3. The van der Waals surface area contributed by atoms with E-state index in [9.17, 15) is 0 Å². The monoisotopic (exact) mass is 306 g/mol. The Morgan fingerprint density at radius 3 is 2.71 bits per heavy atom. The van der Waals surface area contributed by atoms with E-state index in [0.717, 1.165) is 30.2 Å². The molecule has 1 heterocycles. The first kappa shape index (κ1) is 16.0. The van der Waals surface area contributed by atoms with Crippen molar-refractivity contribution in [3.8, 4) is 0 Å². The van der Waals surface area contributed by atoms with Gasteiger partial charge in [-0.1, -0.05) is 37.6 Å². The summed E-state index contributed by atoms with van der Waals surface area (Å²) in [4.78, 5) is 4.34. The van der Waals surface area contributed by atoms with Crippen molar-refractivity contribution in [3.05, 3.63) is 47.0 Å². The van der Waals surface area contributed by atoms with Crippen molar-refractivity contribution in [1.82, 2.24) is 20.1 Å². The molecule has 4 nitrogen and oxygen atoms in total. The van der Waals surface area contributed by atoms with E-state index < -0.39 is 0 Å². The maximum Gasteiger partial charge on any atom is 0.138 e. The van der Waals surface area contributed by atoms with Gasteiger partial charge in [0.1, 0.15) is 12.2 Å². The highest BCUT2D eigenvalue weighted by atomic mass is 35.5. The van der Waals surface area contributed by atoms with E-state index in [-0.39, 0.29) is 0 Å². The highest BCUT2D eigenvalue weighted by Crippen LogP contribution is 2.17. The van der Waals surface area contributed by atoms with Crippen molar-refractivity contribution in [1.29, 1.82) is 0 Å². The van der Waals surface area contributed by atoms with Gasteiger partial charge in [-0.25, -0.2) is 4.98 Å². The maximum atomic E-state index is 6.08. The van der Waals surface area contributed by atoms with Gasteiger partial charge in [0.25, 0.3) is 0 Å². The van der Waals surface area contributed by atoms with E-state index in [0.29, 0.717) is 12.0 Å². The Balaban J connectivity index is 2.06. The molecular formula is C16H23ClN4. The minimum atomic E-state index is 0.466. The molecule has 1 aromatic carbocycles. The molecule has 0 fully saturated rings. The molecule has 5 heteroatoms. The summed E-state index contributed by atoms with van der Waals surface area (Å²) in [5.74, 6) is 1.49. The number of aromatic nitrogens is 3. The molecule has 0 amide bonds. The van der Waals surface area contributed by atoms with E-state index in [2.05, 4.69) is 35.3 Å². The molecule has 0 bridgehead atoms. The predicted octanol–water partition coefficient (Wildman–Crippen LogP) is 2.87. The smallest absolute Gasteiger partial charge is 0.138 e. The normalized spacial score (nSPS) is 12.8. The summed E-state index contributed by atoms with van der Waals surface area (Å²) >= 11 is 6.08. The Labute approximate surface area is 131 Å². The second-order valence-electron chi connectivity index (χ2n) is 5.77. The maximum absolute atomic E-state index is 6.08. The third-order valence-corrected chi connectivity index (χ3v) is 3.74. The number of hydrogen-bond acceptors (Lipinski definition) is 3. The van der Waals surface area contributed by atoms with Gasteiger partial charge in [0.05, 0.1) is 0 Å². The van der Waals surface area contributed by atoms with Crippen LogP contribution < -0.4 is 5.32 Å². The molecule has 0 spiro atoms. The average Bonchev–Trinajstić information content (AvgIpc) is 2.81. The molecule has 0 saturated heterocycles. The van der Waals surface area contributed by atoms with Gasteiger partial charge in [0, 0.05) is 24.5 Å². The van der Waals surface area contributed by atoms with Gasteiger partial charge in [-0.3, -0.25) is 4.68 Å². The van der Waals surface area contributed by atoms with Gasteiger partial charge in [-0.2, -0.15) is 5.10 Å². The minimum Gasteiger partial charge on any atom is -0.314 e. The van der Waals surface area contributed by atoms with Gasteiger partial charge in [0.2, 0.25) is 0 Å². The summed E-state index contributed by atoms with van der Waals surface area (Å²) in [6, 6.07) is 8.57. The van der Waals surface area contributed by atoms with Crippen molar-refractivity contribution < 1.29 is 0 Å². The minimum absolute atomic E-state index is 0.466. The zero-order valence-electron chi connectivity index (χ0n) is 12.9. The Hall–Kier alpha value is -1.39. The first-order valence-electron chi connectivity index (χ1n) is 7.35. The van der Waals surface area contributed by atoms with Crippen molar-refractivity contribution in [2.45, 2.75) is 32.7 Å². The molecule has 114 valence electrons. The Morgan fingerprint density at radius 2 is 2.10 bits per heavy atom. The lowest BCUT2D eigenvalue weighted by atomic mass is 9.95. The van der Waals surface area contributed by atoms with Crippen molar-refractivity contribution in [2.24, 2.45) is 13.0 Å². The molecule has 0 aliphatic rings. The molecule has 1 N–H and O–H groups in total. The molecule has 0 saturated carbocycles. The second kappa shape index (κ2) is 7.57. The Morgan fingerprint density at radius 1 is 1.29 bits per heavy atom.